The molecule has 1 N–H and O–H groups in total. The second-order valence-corrected chi connectivity index (χ2v) is 5.30. The Balaban J connectivity index is 1.78. The second-order valence-electron chi connectivity index (χ2n) is 5.30. The summed E-state index contributed by atoms with van der Waals surface area (Å²) >= 11 is 0. The molecule has 0 unspecified atom stereocenters. The first kappa shape index (κ1) is 18.3. The molecule has 0 spiro atoms. The number of rotatable bonds is 4. The van der Waals surface area contributed by atoms with Gasteiger partial charge in [-0.25, -0.2) is 9.37 Å². The first-order valence-corrected chi connectivity index (χ1v) is 7.56. The van der Waals surface area contributed by atoms with Crippen LogP contribution >= 0.6 is 0 Å². The minimum Gasteiger partial charge on any atom is -0.437 e. The maximum absolute atomic E-state index is 13.6. The number of alkyl halides is 3. The lowest BCUT2D eigenvalue weighted by Crippen LogP contribution is -2.15. The van der Waals surface area contributed by atoms with E-state index in [9.17, 15) is 22.4 Å². The highest BCUT2D eigenvalue weighted by atomic mass is 19.4. The molecule has 5 nitrogen and oxygen atoms in total. The van der Waals surface area contributed by atoms with Crippen LogP contribution in [0.2, 0.25) is 0 Å². The largest absolute Gasteiger partial charge is 0.437 e. The van der Waals surface area contributed by atoms with Gasteiger partial charge in [-0.2, -0.15) is 13.2 Å². The zero-order valence-electron chi connectivity index (χ0n) is 13.5. The molecule has 2 aromatic carbocycles. The molecule has 1 amide bonds. The summed E-state index contributed by atoms with van der Waals surface area (Å²) in [5.74, 6) is -1.68. The number of benzene rings is 2. The molecule has 0 fully saturated rings. The summed E-state index contributed by atoms with van der Waals surface area (Å²) < 4.78 is 57.1. The summed E-state index contributed by atoms with van der Waals surface area (Å²) in [4.78, 5) is 19.8. The molecule has 0 saturated heterocycles. The van der Waals surface area contributed by atoms with Gasteiger partial charge in [-0.1, -0.05) is 18.2 Å². The number of carbonyl (C=O) groups is 1. The molecule has 0 bridgehead atoms. The molecular weight excluding hydrogens is 366 g/mol. The first-order chi connectivity index (χ1) is 12.8. The third-order valence-corrected chi connectivity index (χ3v) is 3.35. The summed E-state index contributed by atoms with van der Waals surface area (Å²) in [6, 6.07) is 9.73. The van der Waals surface area contributed by atoms with Gasteiger partial charge < -0.3 is 10.1 Å². The van der Waals surface area contributed by atoms with E-state index in [0.29, 0.717) is 0 Å². The fourth-order valence-electron chi connectivity index (χ4n) is 2.11. The van der Waals surface area contributed by atoms with E-state index in [1.54, 1.807) is 0 Å². The topological polar surface area (TPSA) is 64.1 Å². The van der Waals surface area contributed by atoms with E-state index in [0.717, 1.165) is 24.5 Å². The van der Waals surface area contributed by atoms with Crippen LogP contribution in [0.15, 0.2) is 60.9 Å². The van der Waals surface area contributed by atoms with Crippen molar-refractivity contribution in [1.82, 2.24) is 9.97 Å². The summed E-state index contributed by atoms with van der Waals surface area (Å²) in [5, 5.41) is 2.33. The number of carbonyl (C=O) groups excluding carboxylic acids is 1. The van der Waals surface area contributed by atoms with E-state index in [-0.39, 0.29) is 23.0 Å². The predicted octanol–water partition coefficient (Wildman–Crippen LogP) is 4.68. The van der Waals surface area contributed by atoms with Gasteiger partial charge in [-0.3, -0.25) is 9.78 Å². The number of halogens is 4. The van der Waals surface area contributed by atoms with Gasteiger partial charge in [0.1, 0.15) is 11.6 Å². The van der Waals surface area contributed by atoms with E-state index in [2.05, 4.69) is 15.3 Å². The third kappa shape index (κ3) is 4.57. The molecule has 0 aliphatic carbocycles. The Kier molecular flexibility index (Phi) is 5.02. The van der Waals surface area contributed by atoms with Crippen molar-refractivity contribution >= 4 is 11.6 Å². The zero-order valence-corrected chi connectivity index (χ0v) is 13.5. The molecule has 1 heterocycles. The molecule has 1 aromatic heterocycles. The van der Waals surface area contributed by atoms with Gasteiger partial charge in [0.2, 0.25) is 5.88 Å². The average molecular weight is 377 g/mol. The quantitative estimate of drug-likeness (QED) is 0.671. The fraction of sp³-hybridized carbons (Fsp3) is 0.0556. The van der Waals surface area contributed by atoms with Crippen molar-refractivity contribution in [3.63, 3.8) is 0 Å². The van der Waals surface area contributed by atoms with Crippen LogP contribution in [0.3, 0.4) is 0 Å². The molecule has 0 aliphatic heterocycles. The predicted molar refractivity (Wildman–Crippen MR) is 87.9 cm³/mol. The number of nitrogens with one attached hydrogen (secondary N) is 1. The van der Waals surface area contributed by atoms with Gasteiger partial charge >= 0.3 is 6.18 Å². The van der Waals surface area contributed by atoms with Crippen molar-refractivity contribution in [3.8, 4) is 11.6 Å². The highest BCUT2D eigenvalue weighted by Gasteiger charge is 2.30. The maximum Gasteiger partial charge on any atom is 0.416 e. The third-order valence-electron chi connectivity index (χ3n) is 3.35. The fourth-order valence-corrected chi connectivity index (χ4v) is 2.11. The van der Waals surface area contributed by atoms with E-state index in [4.69, 9.17) is 4.74 Å². The van der Waals surface area contributed by atoms with Gasteiger partial charge in [0.15, 0.2) is 5.69 Å². The van der Waals surface area contributed by atoms with Crippen molar-refractivity contribution in [3.05, 3.63) is 78.0 Å². The second kappa shape index (κ2) is 7.40. The normalized spacial score (nSPS) is 11.1. The SMILES string of the molecule is O=C(Nc1ccccc1F)c1cncc(Oc2cccc(C(F)(F)F)c2)n1. The lowest BCUT2D eigenvalue weighted by Gasteiger charge is -2.10. The Morgan fingerprint density at radius 2 is 1.81 bits per heavy atom. The zero-order chi connectivity index (χ0) is 19.4. The number of hydrogen-bond donors (Lipinski definition) is 1. The van der Waals surface area contributed by atoms with Gasteiger partial charge in [-0.05, 0) is 30.3 Å². The van der Waals surface area contributed by atoms with E-state index < -0.39 is 23.5 Å². The number of para-hydroxylation sites is 1. The maximum atomic E-state index is 13.6. The molecule has 27 heavy (non-hydrogen) atoms. The number of ether oxygens (including phenoxy) is 1. The van der Waals surface area contributed by atoms with Gasteiger partial charge in [0.25, 0.3) is 5.91 Å². The Morgan fingerprint density at radius 1 is 1.04 bits per heavy atom. The minimum absolute atomic E-state index is 0.0477. The molecule has 0 aliphatic rings. The van der Waals surface area contributed by atoms with Crippen LogP contribution in [0.1, 0.15) is 16.1 Å². The summed E-state index contributed by atoms with van der Waals surface area (Å²) in [5.41, 5.74) is -1.13. The van der Waals surface area contributed by atoms with Gasteiger partial charge in [-0.15, -0.1) is 0 Å². The number of amides is 1. The number of nitrogens with zero attached hydrogens (tertiary/aromatic N) is 2. The lowest BCUT2D eigenvalue weighted by atomic mass is 10.2. The van der Waals surface area contributed by atoms with Crippen molar-refractivity contribution in [1.29, 1.82) is 0 Å². The Hall–Kier alpha value is -3.49. The molecule has 0 radical (unpaired) electrons. The Morgan fingerprint density at radius 3 is 2.56 bits per heavy atom. The van der Waals surface area contributed by atoms with E-state index in [1.165, 1.54) is 36.4 Å². The minimum atomic E-state index is -4.52. The standard InChI is InChI=1S/C18H11F4N3O2/c19-13-6-1-2-7-14(13)25-17(26)15-9-23-10-16(24-15)27-12-5-3-4-11(8-12)18(20,21)22/h1-10H,(H,25,26). The van der Waals surface area contributed by atoms with Crippen LogP contribution in [-0.2, 0) is 6.18 Å². The molecule has 3 rings (SSSR count). The Labute approximate surface area is 150 Å². The molecule has 9 heteroatoms. The Bertz CT molecular complexity index is 977. The van der Waals surface area contributed by atoms with Crippen LogP contribution in [0.25, 0.3) is 0 Å². The van der Waals surface area contributed by atoms with Gasteiger partial charge in [0, 0.05) is 0 Å². The van der Waals surface area contributed by atoms with Crippen molar-refractivity contribution in [2.75, 3.05) is 5.32 Å². The molecule has 3 aromatic rings. The highest BCUT2D eigenvalue weighted by molar-refractivity contribution is 6.02. The van der Waals surface area contributed by atoms with E-state index >= 15 is 0 Å². The van der Waals surface area contributed by atoms with Crippen LogP contribution in [0.4, 0.5) is 23.2 Å². The van der Waals surface area contributed by atoms with E-state index in [1.807, 2.05) is 0 Å². The highest BCUT2D eigenvalue weighted by Crippen LogP contribution is 2.32. The summed E-state index contributed by atoms with van der Waals surface area (Å²) in [6.45, 7) is 0. The van der Waals surface area contributed by atoms with Gasteiger partial charge in [0.05, 0.1) is 23.6 Å². The molecule has 0 saturated carbocycles. The number of anilines is 1. The first-order valence-electron chi connectivity index (χ1n) is 7.56. The average Bonchev–Trinajstić information content (AvgIpc) is 2.63. The number of aromatic nitrogens is 2. The molecule has 0 atom stereocenters. The molecular formula is C18H11F4N3O2. The van der Waals surface area contributed by atoms with Crippen molar-refractivity contribution in [2.24, 2.45) is 0 Å². The van der Waals surface area contributed by atoms with Crippen LogP contribution in [-0.4, -0.2) is 15.9 Å². The monoisotopic (exact) mass is 377 g/mol. The summed E-state index contributed by atoms with van der Waals surface area (Å²) in [6.07, 6.45) is -2.26. The van der Waals surface area contributed by atoms with Crippen LogP contribution < -0.4 is 10.1 Å². The summed E-state index contributed by atoms with van der Waals surface area (Å²) in [7, 11) is 0. The molecule has 138 valence electrons. The van der Waals surface area contributed by atoms with Crippen molar-refractivity contribution < 1.29 is 27.1 Å². The lowest BCUT2D eigenvalue weighted by molar-refractivity contribution is -0.137. The van der Waals surface area contributed by atoms with Crippen LogP contribution in [0.5, 0.6) is 11.6 Å². The van der Waals surface area contributed by atoms with Crippen LogP contribution in [0, 0.1) is 5.82 Å². The number of hydrogen-bond acceptors (Lipinski definition) is 4. The van der Waals surface area contributed by atoms with Crippen molar-refractivity contribution in [2.45, 2.75) is 6.18 Å². The smallest absolute Gasteiger partial charge is 0.416 e.